The molecule has 0 atom stereocenters. The van der Waals surface area contributed by atoms with Gasteiger partial charge in [-0.05, 0) is 31.7 Å². The lowest BCUT2D eigenvalue weighted by Crippen LogP contribution is -2.37. The number of hydrogen-bond donors (Lipinski definition) is 2. The van der Waals surface area contributed by atoms with E-state index in [1.165, 1.54) is 5.56 Å². The number of aromatic nitrogens is 1. The normalized spacial score (nSPS) is 11.1. The van der Waals surface area contributed by atoms with Gasteiger partial charge in [-0.1, -0.05) is 49.3 Å². The zero-order valence-electron chi connectivity index (χ0n) is 16.0. The van der Waals surface area contributed by atoms with Crippen molar-refractivity contribution in [1.29, 1.82) is 0 Å². The van der Waals surface area contributed by atoms with Crippen molar-refractivity contribution in [3.8, 4) is 0 Å². The Kier molecular flexibility index (Phi) is 11.0. The number of nitrogens with one attached hydrogen (secondary N) is 2. The number of benzene rings is 1. The van der Waals surface area contributed by atoms with Gasteiger partial charge in [0.25, 0.3) is 0 Å². The first-order valence-corrected chi connectivity index (χ1v) is 9.30. The molecule has 0 saturated carbocycles. The van der Waals surface area contributed by atoms with Gasteiger partial charge in [-0.25, -0.2) is 4.99 Å². The monoisotopic (exact) mass is 470 g/mol. The van der Waals surface area contributed by atoms with Crippen molar-refractivity contribution in [2.45, 2.75) is 53.0 Å². The second-order valence-corrected chi connectivity index (χ2v) is 5.95. The molecule has 0 amide bonds. The van der Waals surface area contributed by atoms with E-state index < -0.39 is 0 Å². The number of halogens is 1. The molecule has 2 N–H and O–H groups in total. The molecule has 6 heteroatoms. The van der Waals surface area contributed by atoms with Crippen molar-refractivity contribution < 1.29 is 4.52 Å². The summed E-state index contributed by atoms with van der Waals surface area (Å²) in [5, 5.41) is 10.9. The fraction of sp³-hybridized carbons (Fsp3) is 0.500. The molecule has 0 spiro atoms. The van der Waals surface area contributed by atoms with Gasteiger partial charge in [0.05, 0.1) is 12.2 Å². The average Bonchev–Trinajstić information content (AvgIpc) is 3.06. The number of hydrogen-bond acceptors (Lipinski definition) is 3. The molecule has 2 rings (SSSR count). The topological polar surface area (TPSA) is 62.5 Å². The Morgan fingerprint density at radius 2 is 1.85 bits per heavy atom. The third-order valence-corrected chi connectivity index (χ3v) is 4.12. The Balaban J connectivity index is 0.00000338. The minimum absolute atomic E-state index is 0. The fourth-order valence-electron chi connectivity index (χ4n) is 2.76. The van der Waals surface area contributed by atoms with Crippen LogP contribution in [0.2, 0.25) is 0 Å². The van der Waals surface area contributed by atoms with Gasteiger partial charge in [-0.15, -0.1) is 24.0 Å². The molecule has 1 aromatic heterocycles. The van der Waals surface area contributed by atoms with Crippen molar-refractivity contribution in [1.82, 2.24) is 15.8 Å². The molecule has 0 aliphatic rings. The Hall–Kier alpha value is -1.57. The molecule has 2 aromatic rings. The molecule has 0 aliphatic heterocycles. The molecular formula is C20H31IN4O. The summed E-state index contributed by atoms with van der Waals surface area (Å²) in [6.45, 7) is 8.60. The standard InChI is InChI=1S/C20H30N4O.HI/c1-4-18-17(19(5-2)25-24-18)15-23-20(21-6-3)22-14-10-13-16-11-8-7-9-12-16;/h7-9,11-12H,4-6,10,13-15H2,1-3H3,(H2,21,22,23);1H. The maximum Gasteiger partial charge on any atom is 0.191 e. The predicted octanol–water partition coefficient (Wildman–Crippen LogP) is 4.11. The molecule has 144 valence electrons. The maximum atomic E-state index is 5.42. The molecule has 0 radical (unpaired) electrons. The number of rotatable bonds is 9. The highest BCUT2D eigenvalue weighted by atomic mass is 127. The minimum Gasteiger partial charge on any atom is -0.361 e. The van der Waals surface area contributed by atoms with E-state index in [1.54, 1.807) is 0 Å². The zero-order chi connectivity index (χ0) is 17.9. The summed E-state index contributed by atoms with van der Waals surface area (Å²) < 4.78 is 5.42. The lowest BCUT2D eigenvalue weighted by atomic mass is 10.1. The molecule has 0 unspecified atom stereocenters. The minimum atomic E-state index is 0. The first-order chi connectivity index (χ1) is 12.3. The first kappa shape index (κ1) is 22.5. The number of aliphatic imine (C=N–C) groups is 1. The van der Waals surface area contributed by atoms with Crippen LogP contribution in [0, 0.1) is 0 Å². The van der Waals surface area contributed by atoms with Gasteiger partial charge in [0, 0.05) is 25.1 Å². The third kappa shape index (κ3) is 6.97. The molecular weight excluding hydrogens is 439 g/mol. The van der Waals surface area contributed by atoms with Gasteiger partial charge >= 0.3 is 0 Å². The van der Waals surface area contributed by atoms with Gasteiger partial charge in [0.15, 0.2) is 5.96 Å². The van der Waals surface area contributed by atoms with E-state index in [0.29, 0.717) is 6.54 Å². The van der Waals surface area contributed by atoms with Gasteiger partial charge in [-0.3, -0.25) is 0 Å². The Labute approximate surface area is 174 Å². The molecule has 0 bridgehead atoms. The van der Waals surface area contributed by atoms with Crippen LogP contribution in [0.5, 0.6) is 0 Å². The number of aryl methyl sites for hydroxylation is 3. The Morgan fingerprint density at radius 1 is 1.08 bits per heavy atom. The maximum absolute atomic E-state index is 5.42. The SMILES string of the molecule is CCNC(=NCc1c(CC)noc1CC)NCCCc1ccccc1.I. The fourth-order valence-corrected chi connectivity index (χ4v) is 2.76. The zero-order valence-corrected chi connectivity index (χ0v) is 18.4. The summed E-state index contributed by atoms with van der Waals surface area (Å²) in [6.07, 6.45) is 3.86. The van der Waals surface area contributed by atoms with Crippen LogP contribution in [0.1, 0.15) is 49.8 Å². The highest BCUT2D eigenvalue weighted by Gasteiger charge is 2.12. The summed E-state index contributed by atoms with van der Waals surface area (Å²) in [6, 6.07) is 10.6. The first-order valence-electron chi connectivity index (χ1n) is 9.30. The van der Waals surface area contributed by atoms with Gasteiger partial charge < -0.3 is 15.2 Å². The van der Waals surface area contributed by atoms with Gasteiger partial charge in [0.1, 0.15) is 5.76 Å². The quantitative estimate of drug-likeness (QED) is 0.251. The molecule has 26 heavy (non-hydrogen) atoms. The predicted molar refractivity (Wildman–Crippen MR) is 118 cm³/mol. The lowest BCUT2D eigenvalue weighted by Gasteiger charge is -2.11. The van der Waals surface area contributed by atoms with E-state index in [2.05, 4.69) is 66.9 Å². The average molecular weight is 470 g/mol. The van der Waals surface area contributed by atoms with E-state index >= 15 is 0 Å². The molecule has 0 aliphatic carbocycles. The van der Waals surface area contributed by atoms with Crippen LogP contribution in [-0.4, -0.2) is 24.2 Å². The van der Waals surface area contributed by atoms with Crippen LogP contribution < -0.4 is 10.6 Å². The molecule has 1 aromatic carbocycles. The van der Waals surface area contributed by atoms with E-state index in [1.807, 2.05) is 0 Å². The van der Waals surface area contributed by atoms with Crippen molar-refractivity contribution in [2.75, 3.05) is 13.1 Å². The summed E-state index contributed by atoms with van der Waals surface area (Å²) in [7, 11) is 0. The highest BCUT2D eigenvalue weighted by molar-refractivity contribution is 14.0. The van der Waals surface area contributed by atoms with Crippen LogP contribution in [-0.2, 0) is 25.8 Å². The van der Waals surface area contributed by atoms with E-state index in [-0.39, 0.29) is 24.0 Å². The molecule has 0 fully saturated rings. The number of nitrogens with zero attached hydrogens (tertiary/aromatic N) is 2. The molecule has 0 saturated heterocycles. The van der Waals surface area contributed by atoms with Crippen molar-refractivity contribution >= 4 is 29.9 Å². The second-order valence-electron chi connectivity index (χ2n) is 5.95. The van der Waals surface area contributed by atoms with E-state index in [9.17, 15) is 0 Å². The van der Waals surface area contributed by atoms with Crippen molar-refractivity contribution in [3.63, 3.8) is 0 Å². The van der Waals surface area contributed by atoms with Crippen LogP contribution >= 0.6 is 24.0 Å². The van der Waals surface area contributed by atoms with E-state index in [4.69, 9.17) is 9.52 Å². The van der Waals surface area contributed by atoms with Crippen LogP contribution in [0.3, 0.4) is 0 Å². The summed E-state index contributed by atoms with van der Waals surface area (Å²) in [5.74, 6) is 1.79. The lowest BCUT2D eigenvalue weighted by molar-refractivity contribution is 0.380. The van der Waals surface area contributed by atoms with Gasteiger partial charge in [-0.2, -0.15) is 0 Å². The highest BCUT2D eigenvalue weighted by Crippen LogP contribution is 2.16. The Bertz CT molecular complexity index is 634. The van der Waals surface area contributed by atoms with Crippen molar-refractivity contribution in [3.05, 3.63) is 52.9 Å². The number of guanidine groups is 1. The molecule has 1 heterocycles. The summed E-state index contributed by atoms with van der Waals surface area (Å²) >= 11 is 0. The van der Waals surface area contributed by atoms with Gasteiger partial charge in [0.2, 0.25) is 0 Å². The van der Waals surface area contributed by atoms with Crippen LogP contribution in [0.15, 0.2) is 39.8 Å². The summed E-state index contributed by atoms with van der Waals surface area (Å²) in [4.78, 5) is 4.71. The van der Waals surface area contributed by atoms with Crippen molar-refractivity contribution in [2.24, 2.45) is 4.99 Å². The van der Waals surface area contributed by atoms with Crippen LogP contribution in [0.4, 0.5) is 0 Å². The largest absolute Gasteiger partial charge is 0.361 e. The summed E-state index contributed by atoms with van der Waals surface area (Å²) in [5.41, 5.74) is 3.52. The molecule has 5 nitrogen and oxygen atoms in total. The smallest absolute Gasteiger partial charge is 0.191 e. The van der Waals surface area contributed by atoms with E-state index in [0.717, 1.165) is 61.7 Å². The Morgan fingerprint density at radius 3 is 2.50 bits per heavy atom. The van der Waals surface area contributed by atoms with Crippen LogP contribution in [0.25, 0.3) is 0 Å². The second kappa shape index (κ2) is 12.7. The third-order valence-electron chi connectivity index (χ3n) is 4.12.